The first-order valence-electron chi connectivity index (χ1n) is 2.50. The van der Waals surface area contributed by atoms with Crippen LogP contribution in [-0.4, -0.2) is 28.1 Å². The van der Waals surface area contributed by atoms with Crippen molar-refractivity contribution in [2.75, 3.05) is 0 Å². The zero-order valence-corrected chi connectivity index (χ0v) is 14.0. The van der Waals surface area contributed by atoms with Gasteiger partial charge in [0.05, 0.1) is 5.97 Å². The second-order valence-electron chi connectivity index (χ2n) is 2.11. The van der Waals surface area contributed by atoms with E-state index < -0.39 is 24.0 Å². The third kappa shape index (κ3) is 12.1. The van der Waals surface area contributed by atoms with Crippen LogP contribution in [0.4, 0.5) is 0 Å². The van der Waals surface area contributed by atoms with Crippen LogP contribution in [0.1, 0.15) is 13.3 Å². The van der Waals surface area contributed by atoms with Gasteiger partial charge in [-0.25, -0.2) is 0 Å². The number of rotatable bonds is 3. The quantitative estimate of drug-likeness (QED) is 0.491. The Labute approximate surface area is 160 Å². The number of aliphatic carboxylic acids is 2. The van der Waals surface area contributed by atoms with Crippen molar-refractivity contribution in [2.45, 2.75) is 18.9 Å². The fourth-order valence-corrected chi connectivity index (χ4v) is 0.353. The fraction of sp³-hybridized carbons (Fsp3) is 0.600. The van der Waals surface area contributed by atoms with Crippen molar-refractivity contribution in [3.05, 3.63) is 0 Å². The first-order chi connectivity index (χ1) is 4.36. The fourth-order valence-electron chi connectivity index (χ4n) is 0.353. The molecule has 6 nitrogen and oxygen atoms in total. The molecule has 0 saturated carbocycles. The summed E-state index contributed by atoms with van der Waals surface area (Å²) in [5.41, 5.74) is -2.33. The van der Waals surface area contributed by atoms with E-state index in [4.69, 9.17) is 5.11 Å². The average molecular weight is 242 g/mol. The molecule has 0 spiro atoms. The topological polar surface area (TPSA) is 132 Å². The SMILES string of the molecule is CC(O)(CC(=O)[O-])C(=O)[O-].O.[K+].[K+]. The Bertz CT molecular complexity index is 168. The molecule has 1 atom stereocenters. The van der Waals surface area contributed by atoms with Crippen molar-refractivity contribution in [1.82, 2.24) is 0 Å². The van der Waals surface area contributed by atoms with Crippen molar-refractivity contribution >= 4 is 11.9 Å². The first kappa shape index (κ1) is 24.4. The Kier molecular flexibility index (Phi) is 20.0. The molecule has 0 rings (SSSR count). The van der Waals surface area contributed by atoms with E-state index in [1.165, 1.54) is 0 Å². The zero-order valence-electron chi connectivity index (χ0n) is 7.79. The summed E-state index contributed by atoms with van der Waals surface area (Å²) >= 11 is 0. The van der Waals surface area contributed by atoms with Crippen molar-refractivity contribution in [3.63, 3.8) is 0 Å². The predicted octanol–water partition coefficient (Wildman–Crippen LogP) is -10.2. The molecule has 3 N–H and O–H groups in total. The molecule has 13 heavy (non-hydrogen) atoms. The maximum absolute atomic E-state index is 9.90. The molecule has 0 aromatic carbocycles. The normalized spacial score (nSPS) is 12.2. The standard InChI is InChI=1S/C5H8O5.2K.H2O/c1-5(10,4(8)9)2-3(6)7;;;/h10H,2H2,1H3,(H,6,7)(H,8,9);;;1H2/q;2*+1;/p-2. The van der Waals surface area contributed by atoms with E-state index in [9.17, 15) is 19.8 Å². The largest absolute Gasteiger partial charge is 1.00 e. The van der Waals surface area contributed by atoms with Crippen molar-refractivity contribution in [3.8, 4) is 0 Å². The number of carboxylic acids is 2. The Morgan fingerprint density at radius 1 is 1.31 bits per heavy atom. The summed E-state index contributed by atoms with van der Waals surface area (Å²) in [6.07, 6.45) is -0.963. The molecule has 66 valence electrons. The van der Waals surface area contributed by atoms with Gasteiger partial charge in [-0.05, 0) is 6.92 Å². The summed E-state index contributed by atoms with van der Waals surface area (Å²) in [5, 5.41) is 28.3. The molecular weight excluding hydrogens is 234 g/mol. The molecule has 0 heterocycles. The predicted molar refractivity (Wildman–Crippen MR) is 28.9 cm³/mol. The third-order valence-corrected chi connectivity index (χ3v) is 0.928. The van der Waals surface area contributed by atoms with E-state index in [-0.39, 0.29) is 108 Å². The molecule has 0 aliphatic carbocycles. The molecule has 0 radical (unpaired) electrons. The molecule has 8 heteroatoms. The van der Waals surface area contributed by atoms with Gasteiger partial charge in [-0.1, -0.05) is 0 Å². The number of aliphatic hydroxyl groups is 1. The molecule has 0 aromatic rings. The van der Waals surface area contributed by atoms with E-state index in [0.29, 0.717) is 0 Å². The molecule has 0 amide bonds. The van der Waals surface area contributed by atoms with Crippen molar-refractivity contribution in [2.24, 2.45) is 0 Å². The monoisotopic (exact) mass is 242 g/mol. The summed E-state index contributed by atoms with van der Waals surface area (Å²) in [6, 6.07) is 0. The number of carbonyl (C=O) groups excluding carboxylic acids is 2. The van der Waals surface area contributed by atoms with Crippen LogP contribution < -0.4 is 113 Å². The van der Waals surface area contributed by atoms with Gasteiger partial charge < -0.3 is 30.4 Å². The van der Waals surface area contributed by atoms with Crippen LogP contribution in [0.2, 0.25) is 0 Å². The smallest absolute Gasteiger partial charge is 0.550 e. The van der Waals surface area contributed by atoms with E-state index in [2.05, 4.69) is 0 Å². The van der Waals surface area contributed by atoms with Crippen molar-refractivity contribution < 1.29 is 133 Å². The molecule has 0 aliphatic heterocycles. The summed E-state index contributed by atoms with van der Waals surface area (Å²) in [4.78, 5) is 19.7. The average Bonchev–Trinajstić information content (AvgIpc) is 1.60. The molecule has 0 saturated heterocycles. The minimum Gasteiger partial charge on any atom is -0.550 e. The third-order valence-electron chi connectivity index (χ3n) is 0.928. The van der Waals surface area contributed by atoms with E-state index >= 15 is 0 Å². The van der Waals surface area contributed by atoms with Gasteiger partial charge in [0.25, 0.3) is 0 Å². The van der Waals surface area contributed by atoms with Crippen LogP contribution in [0.5, 0.6) is 0 Å². The molecule has 0 aliphatic rings. The molecule has 0 fully saturated rings. The van der Waals surface area contributed by atoms with Gasteiger partial charge in [0, 0.05) is 12.4 Å². The molecule has 0 bridgehead atoms. The van der Waals surface area contributed by atoms with Crippen LogP contribution in [0.15, 0.2) is 0 Å². The van der Waals surface area contributed by atoms with Gasteiger partial charge in [0.15, 0.2) is 0 Å². The van der Waals surface area contributed by atoms with Crippen LogP contribution in [-0.2, 0) is 9.59 Å². The molecule has 0 aromatic heterocycles. The van der Waals surface area contributed by atoms with Crippen LogP contribution in [0.3, 0.4) is 0 Å². The van der Waals surface area contributed by atoms with E-state index in [0.717, 1.165) is 6.92 Å². The number of carbonyl (C=O) groups is 2. The van der Waals surface area contributed by atoms with Gasteiger partial charge in [0.2, 0.25) is 0 Å². The molecular formula is C5H8K2O6. The van der Waals surface area contributed by atoms with E-state index in [1.54, 1.807) is 0 Å². The van der Waals surface area contributed by atoms with Crippen LogP contribution in [0, 0.1) is 0 Å². The number of carboxylic acid groups (broad SMARTS) is 2. The maximum Gasteiger partial charge on any atom is 1.00 e. The summed E-state index contributed by atoms with van der Waals surface area (Å²) in [6.45, 7) is 0.831. The van der Waals surface area contributed by atoms with Gasteiger partial charge in [-0.15, -0.1) is 0 Å². The van der Waals surface area contributed by atoms with E-state index in [1.807, 2.05) is 0 Å². The number of hydrogen-bond donors (Lipinski definition) is 1. The number of hydrogen-bond acceptors (Lipinski definition) is 5. The summed E-state index contributed by atoms with van der Waals surface area (Å²) < 4.78 is 0. The summed E-state index contributed by atoms with van der Waals surface area (Å²) in [7, 11) is 0. The van der Waals surface area contributed by atoms with Gasteiger partial charge in [0.1, 0.15) is 5.60 Å². The van der Waals surface area contributed by atoms with Gasteiger partial charge >= 0.3 is 103 Å². The second-order valence-corrected chi connectivity index (χ2v) is 2.11. The summed E-state index contributed by atoms with van der Waals surface area (Å²) in [5.74, 6) is -3.45. The van der Waals surface area contributed by atoms with Crippen LogP contribution in [0.25, 0.3) is 0 Å². The van der Waals surface area contributed by atoms with Gasteiger partial charge in [-0.2, -0.15) is 0 Å². The Hall–Kier alpha value is 2.13. The van der Waals surface area contributed by atoms with Crippen molar-refractivity contribution in [1.29, 1.82) is 0 Å². The van der Waals surface area contributed by atoms with Gasteiger partial charge in [-0.3, -0.25) is 0 Å². The molecule has 1 unspecified atom stereocenters. The zero-order chi connectivity index (χ0) is 8.36. The maximum atomic E-state index is 9.90. The minimum atomic E-state index is -2.33. The Morgan fingerprint density at radius 3 is 1.69 bits per heavy atom. The Morgan fingerprint density at radius 2 is 1.62 bits per heavy atom. The minimum absolute atomic E-state index is 0. The second kappa shape index (κ2) is 10.6. The van der Waals surface area contributed by atoms with Crippen LogP contribution >= 0.6 is 0 Å². The Balaban J connectivity index is -0.000000135. The first-order valence-corrected chi connectivity index (χ1v) is 2.50.